The van der Waals surface area contributed by atoms with Crippen LogP contribution in [0.5, 0.6) is 0 Å². The van der Waals surface area contributed by atoms with Gasteiger partial charge >= 0.3 is 0 Å². The molecule has 0 fully saturated rings. The summed E-state index contributed by atoms with van der Waals surface area (Å²) in [5.74, 6) is -0.695. The van der Waals surface area contributed by atoms with E-state index >= 15 is 0 Å². The Labute approximate surface area is 182 Å². The van der Waals surface area contributed by atoms with Gasteiger partial charge in [0.1, 0.15) is 29.5 Å². The van der Waals surface area contributed by atoms with Crippen molar-refractivity contribution in [2.75, 3.05) is 5.32 Å². The van der Waals surface area contributed by atoms with Crippen molar-refractivity contribution in [2.24, 2.45) is 0 Å². The molecule has 5 rings (SSSR count). The maximum absolute atomic E-state index is 13.5. The van der Waals surface area contributed by atoms with E-state index in [-0.39, 0.29) is 12.6 Å². The summed E-state index contributed by atoms with van der Waals surface area (Å²) < 4.78 is 30.6. The molecule has 2 N–H and O–H groups in total. The molecular formula is C22H20F2N8. The van der Waals surface area contributed by atoms with E-state index in [9.17, 15) is 8.78 Å². The summed E-state index contributed by atoms with van der Waals surface area (Å²) in [7, 11) is 0. The normalized spacial score (nSPS) is 11.5. The highest BCUT2D eigenvalue weighted by Crippen LogP contribution is 2.30. The SMILES string of the molecule is CC(C)n1ccc(-c2[nH]c(CNc3cc(F)cc(F)c3)nc2-c2ccc3ncnn3c2)n1. The lowest BCUT2D eigenvalue weighted by atomic mass is 10.1. The molecule has 4 aromatic heterocycles. The van der Waals surface area contributed by atoms with Gasteiger partial charge in [-0.1, -0.05) is 0 Å². The molecule has 0 spiro atoms. The number of rotatable bonds is 6. The van der Waals surface area contributed by atoms with Crippen molar-refractivity contribution in [3.05, 3.63) is 72.6 Å². The summed E-state index contributed by atoms with van der Waals surface area (Å²) in [5, 5.41) is 11.9. The van der Waals surface area contributed by atoms with Crippen LogP contribution in [-0.4, -0.2) is 34.3 Å². The van der Waals surface area contributed by atoms with Crippen molar-refractivity contribution >= 4 is 11.3 Å². The van der Waals surface area contributed by atoms with Crippen LogP contribution >= 0.6 is 0 Å². The highest BCUT2D eigenvalue weighted by atomic mass is 19.1. The molecular weight excluding hydrogens is 414 g/mol. The number of nitrogens with zero attached hydrogens (tertiary/aromatic N) is 6. The Hall–Kier alpha value is -4.08. The van der Waals surface area contributed by atoms with Gasteiger partial charge in [0, 0.05) is 35.8 Å². The monoisotopic (exact) mass is 434 g/mol. The predicted molar refractivity (Wildman–Crippen MR) is 116 cm³/mol. The Morgan fingerprint density at radius 3 is 2.66 bits per heavy atom. The van der Waals surface area contributed by atoms with E-state index in [0.29, 0.717) is 17.2 Å². The lowest BCUT2D eigenvalue weighted by Gasteiger charge is -2.05. The topological polar surface area (TPSA) is 88.7 Å². The Balaban J connectivity index is 1.53. The quantitative estimate of drug-likeness (QED) is 0.412. The van der Waals surface area contributed by atoms with E-state index in [1.54, 1.807) is 4.52 Å². The number of aromatic nitrogens is 7. The summed E-state index contributed by atoms with van der Waals surface area (Å²) in [6.07, 6.45) is 5.25. The highest BCUT2D eigenvalue weighted by molar-refractivity contribution is 5.76. The molecule has 0 saturated carbocycles. The molecule has 8 nitrogen and oxygen atoms in total. The smallest absolute Gasteiger partial charge is 0.155 e. The third kappa shape index (κ3) is 3.82. The molecule has 0 bridgehead atoms. The molecule has 0 aliphatic carbocycles. The van der Waals surface area contributed by atoms with Crippen molar-refractivity contribution in [2.45, 2.75) is 26.4 Å². The van der Waals surface area contributed by atoms with Crippen molar-refractivity contribution in [3.63, 3.8) is 0 Å². The van der Waals surface area contributed by atoms with Crippen molar-refractivity contribution < 1.29 is 8.78 Å². The first-order valence-corrected chi connectivity index (χ1v) is 10.1. The van der Waals surface area contributed by atoms with E-state index in [1.165, 1.54) is 18.5 Å². The fraction of sp³-hybridized carbons (Fsp3) is 0.182. The van der Waals surface area contributed by atoms with Crippen LogP contribution in [0.15, 0.2) is 55.1 Å². The zero-order chi connectivity index (χ0) is 22.2. The third-order valence-corrected chi connectivity index (χ3v) is 5.02. The average molecular weight is 434 g/mol. The van der Waals surface area contributed by atoms with Gasteiger partial charge in [-0.05, 0) is 44.2 Å². The zero-order valence-corrected chi connectivity index (χ0v) is 17.4. The highest BCUT2D eigenvalue weighted by Gasteiger charge is 2.18. The summed E-state index contributed by atoms with van der Waals surface area (Å²) in [5.41, 5.74) is 4.06. The molecule has 0 radical (unpaired) electrons. The van der Waals surface area contributed by atoms with E-state index in [4.69, 9.17) is 4.98 Å². The molecule has 5 aromatic rings. The van der Waals surface area contributed by atoms with Crippen molar-refractivity contribution in [1.82, 2.24) is 34.3 Å². The zero-order valence-electron chi connectivity index (χ0n) is 17.4. The Kier molecular flexibility index (Phi) is 4.89. The number of nitrogens with one attached hydrogen (secondary N) is 2. The van der Waals surface area contributed by atoms with Gasteiger partial charge in [0.15, 0.2) is 5.65 Å². The number of fused-ring (bicyclic) bond motifs is 1. The molecule has 4 heterocycles. The molecule has 32 heavy (non-hydrogen) atoms. The standard InChI is InChI=1S/C22H20F2N8/c1-13(2)31-6-5-18(30-31)22-21(14-3-4-20-26-12-27-32(20)11-14)28-19(29-22)10-25-17-8-15(23)7-16(24)9-17/h3-9,11-13,25H,10H2,1-2H3,(H,28,29). The predicted octanol–water partition coefficient (Wildman–Crippen LogP) is 4.45. The number of pyridine rings is 1. The first-order valence-electron chi connectivity index (χ1n) is 10.1. The van der Waals surface area contributed by atoms with E-state index in [0.717, 1.165) is 28.7 Å². The molecule has 0 saturated heterocycles. The molecule has 0 aliphatic heterocycles. The van der Waals surface area contributed by atoms with E-state index in [1.807, 2.05) is 35.3 Å². The van der Waals surface area contributed by atoms with Crippen LogP contribution in [-0.2, 0) is 6.54 Å². The number of hydrogen-bond acceptors (Lipinski definition) is 5. The number of H-pyrrole nitrogens is 1. The van der Waals surface area contributed by atoms with Crippen LogP contribution in [0.4, 0.5) is 14.5 Å². The lowest BCUT2D eigenvalue weighted by Crippen LogP contribution is -2.02. The number of benzene rings is 1. The van der Waals surface area contributed by atoms with Gasteiger partial charge in [0.2, 0.25) is 0 Å². The van der Waals surface area contributed by atoms with Crippen molar-refractivity contribution in [1.29, 1.82) is 0 Å². The van der Waals surface area contributed by atoms with Crippen LogP contribution < -0.4 is 5.32 Å². The summed E-state index contributed by atoms with van der Waals surface area (Å²) >= 11 is 0. The van der Waals surface area contributed by atoms with Crippen LogP contribution in [0.1, 0.15) is 25.7 Å². The number of anilines is 1. The molecule has 1 aromatic carbocycles. The fourth-order valence-electron chi connectivity index (χ4n) is 3.46. The molecule has 0 atom stereocenters. The van der Waals surface area contributed by atoms with Crippen LogP contribution in [0.2, 0.25) is 0 Å². The van der Waals surface area contributed by atoms with E-state index in [2.05, 4.69) is 39.3 Å². The Morgan fingerprint density at radius 1 is 1.09 bits per heavy atom. The second kappa shape index (κ2) is 7.88. The summed E-state index contributed by atoms with van der Waals surface area (Å²) in [6, 6.07) is 9.21. The first kappa shape index (κ1) is 19.9. The van der Waals surface area contributed by atoms with Crippen LogP contribution in [0.25, 0.3) is 28.3 Å². The minimum Gasteiger partial charge on any atom is -0.378 e. The minimum absolute atomic E-state index is 0.214. The molecule has 0 amide bonds. The average Bonchev–Trinajstić information content (AvgIpc) is 3.49. The van der Waals surface area contributed by atoms with Gasteiger partial charge in [-0.25, -0.2) is 23.3 Å². The van der Waals surface area contributed by atoms with Crippen LogP contribution in [0, 0.1) is 11.6 Å². The lowest BCUT2D eigenvalue weighted by molar-refractivity contribution is 0.534. The number of imidazole rings is 1. The minimum atomic E-state index is -0.645. The number of hydrogen-bond donors (Lipinski definition) is 2. The molecule has 0 aliphatic rings. The maximum atomic E-state index is 13.5. The van der Waals surface area contributed by atoms with Gasteiger partial charge in [0.25, 0.3) is 0 Å². The van der Waals surface area contributed by atoms with E-state index < -0.39 is 11.6 Å². The Morgan fingerprint density at radius 2 is 1.91 bits per heavy atom. The van der Waals surface area contributed by atoms with Crippen LogP contribution in [0.3, 0.4) is 0 Å². The number of halogens is 2. The first-order chi connectivity index (χ1) is 15.5. The molecule has 162 valence electrons. The second-order valence-corrected chi connectivity index (χ2v) is 7.67. The summed E-state index contributed by atoms with van der Waals surface area (Å²) in [6.45, 7) is 4.35. The van der Waals surface area contributed by atoms with Gasteiger partial charge in [-0.3, -0.25) is 4.68 Å². The third-order valence-electron chi connectivity index (χ3n) is 5.02. The number of aromatic amines is 1. The van der Waals surface area contributed by atoms with Crippen molar-refractivity contribution in [3.8, 4) is 22.6 Å². The summed E-state index contributed by atoms with van der Waals surface area (Å²) in [4.78, 5) is 12.2. The van der Waals surface area contributed by atoms with Gasteiger partial charge < -0.3 is 10.3 Å². The Bertz CT molecular complexity index is 1380. The maximum Gasteiger partial charge on any atom is 0.155 e. The molecule has 10 heteroatoms. The van der Waals surface area contributed by atoms with Gasteiger partial charge in [-0.2, -0.15) is 10.2 Å². The molecule has 0 unspecified atom stereocenters. The second-order valence-electron chi connectivity index (χ2n) is 7.67. The van der Waals surface area contributed by atoms with Gasteiger partial charge in [-0.15, -0.1) is 0 Å². The fourth-order valence-corrected chi connectivity index (χ4v) is 3.46. The van der Waals surface area contributed by atoms with Gasteiger partial charge in [0.05, 0.1) is 17.9 Å². The largest absolute Gasteiger partial charge is 0.378 e.